The highest BCUT2D eigenvalue weighted by atomic mass is 16.2. The summed E-state index contributed by atoms with van der Waals surface area (Å²) in [6.45, 7) is 0.00914. The fourth-order valence-corrected chi connectivity index (χ4v) is 3.19. The van der Waals surface area contributed by atoms with Crippen LogP contribution in [0.3, 0.4) is 0 Å². The van der Waals surface area contributed by atoms with Crippen molar-refractivity contribution in [2.24, 2.45) is 0 Å². The zero-order valence-electron chi connectivity index (χ0n) is 15.0. The predicted octanol–water partition coefficient (Wildman–Crippen LogP) is 2.70. The van der Waals surface area contributed by atoms with Gasteiger partial charge >= 0.3 is 0 Å². The van der Waals surface area contributed by atoms with E-state index in [2.05, 4.69) is 15.4 Å². The first-order chi connectivity index (χ1) is 13.7. The molecule has 2 heterocycles. The number of rotatable bonds is 5. The van der Waals surface area contributed by atoms with E-state index in [-0.39, 0.29) is 23.9 Å². The SMILES string of the molecule is O=C(Cn1ncc(=O)c2ccccc21)N[C@H](c1ccccc1)c1ccncc1. The molecule has 28 heavy (non-hydrogen) atoms. The standard InChI is InChI=1S/C22H18N4O2/c27-20-14-24-26(19-9-5-4-8-18(19)20)15-21(28)25-22(16-6-2-1-3-7-16)17-10-12-23-13-11-17/h1-14,22H,15H2,(H,25,28)/t22-/m1/s1. The third-order valence-corrected chi connectivity index (χ3v) is 4.53. The van der Waals surface area contributed by atoms with E-state index in [1.807, 2.05) is 48.5 Å². The molecule has 4 rings (SSSR count). The van der Waals surface area contributed by atoms with E-state index in [1.54, 1.807) is 35.3 Å². The molecule has 2 aromatic carbocycles. The van der Waals surface area contributed by atoms with E-state index >= 15 is 0 Å². The van der Waals surface area contributed by atoms with Crippen LogP contribution < -0.4 is 10.7 Å². The van der Waals surface area contributed by atoms with Crippen LogP contribution in [0, 0.1) is 0 Å². The van der Waals surface area contributed by atoms with Gasteiger partial charge in [-0.05, 0) is 35.4 Å². The van der Waals surface area contributed by atoms with Gasteiger partial charge in [-0.15, -0.1) is 0 Å². The van der Waals surface area contributed by atoms with Crippen molar-refractivity contribution < 1.29 is 4.79 Å². The van der Waals surface area contributed by atoms with E-state index < -0.39 is 0 Å². The van der Waals surface area contributed by atoms with Crippen molar-refractivity contribution in [2.75, 3.05) is 0 Å². The summed E-state index contributed by atoms with van der Waals surface area (Å²) in [5.74, 6) is -0.202. The van der Waals surface area contributed by atoms with Crippen LogP contribution in [0.15, 0.2) is 90.1 Å². The highest BCUT2D eigenvalue weighted by Gasteiger charge is 2.17. The first-order valence-corrected chi connectivity index (χ1v) is 8.91. The molecule has 0 fully saturated rings. The van der Waals surface area contributed by atoms with Crippen molar-refractivity contribution in [3.05, 3.63) is 107 Å². The molecule has 0 spiro atoms. The number of carbonyl (C=O) groups excluding carboxylic acids is 1. The minimum Gasteiger partial charge on any atom is -0.344 e. The number of hydrogen-bond donors (Lipinski definition) is 1. The van der Waals surface area contributed by atoms with Crippen molar-refractivity contribution in [1.82, 2.24) is 20.1 Å². The highest BCUT2D eigenvalue weighted by Crippen LogP contribution is 2.21. The lowest BCUT2D eigenvalue weighted by atomic mass is 10.00. The Morgan fingerprint density at radius 3 is 2.39 bits per heavy atom. The third kappa shape index (κ3) is 3.66. The van der Waals surface area contributed by atoms with Crippen LogP contribution in [0.25, 0.3) is 10.9 Å². The maximum atomic E-state index is 12.8. The Bertz CT molecular complexity index is 1120. The van der Waals surface area contributed by atoms with Gasteiger partial charge in [0.2, 0.25) is 11.3 Å². The lowest BCUT2D eigenvalue weighted by Crippen LogP contribution is -2.33. The van der Waals surface area contributed by atoms with Gasteiger partial charge in [0.25, 0.3) is 0 Å². The van der Waals surface area contributed by atoms with E-state index in [9.17, 15) is 9.59 Å². The normalized spacial score (nSPS) is 11.9. The molecule has 138 valence electrons. The summed E-state index contributed by atoms with van der Waals surface area (Å²) in [4.78, 5) is 28.9. The lowest BCUT2D eigenvalue weighted by Gasteiger charge is -2.20. The van der Waals surface area contributed by atoms with E-state index in [0.29, 0.717) is 10.9 Å². The molecule has 0 radical (unpaired) electrons. The largest absolute Gasteiger partial charge is 0.344 e. The van der Waals surface area contributed by atoms with Gasteiger partial charge in [0.05, 0.1) is 17.8 Å². The van der Waals surface area contributed by atoms with Crippen LogP contribution in [0.5, 0.6) is 0 Å². The van der Waals surface area contributed by atoms with Crippen LogP contribution in [-0.4, -0.2) is 20.7 Å². The number of fused-ring (bicyclic) bond motifs is 1. The van der Waals surface area contributed by atoms with Crippen molar-refractivity contribution >= 4 is 16.8 Å². The van der Waals surface area contributed by atoms with Gasteiger partial charge in [-0.1, -0.05) is 42.5 Å². The first kappa shape index (κ1) is 17.6. The number of nitrogens with zero attached hydrogens (tertiary/aromatic N) is 3. The summed E-state index contributed by atoms with van der Waals surface area (Å²) in [6, 6.07) is 20.3. The average molecular weight is 370 g/mol. The van der Waals surface area contributed by atoms with Crippen LogP contribution >= 0.6 is 0 Å². The zero-order chi connectivity index (χ0) is 19.3. The monoisotopic (exact) mass is 370 g/mol. The first-order valence-electron chi connectivity index (χ1n) is 8.91. The number of amides is 1. The van der Waals surface area contributed by atoms with Gasteiger partial charge in [0, 0.05) is 17.8 Å². The van der Waals surface area contributed by atoms with Crippen molar-refractivity contribution in [3.63, 3.8) is 0 Å². The molecular weight excluding hydrogens is 352 g/mol. The summed E-state index contributed by atoms with van der Waals surface area (Å²) in [5.41, 5.74) is 2.38. The summed E-state index contributed by atoms with van der Waals surface area (Å²) in [7, 11) is 0. The lowest BCUT2D eigenvalue weighted by molar-refractivity contribution is -0.122. The molecule has 0 aliphatic carbocycles. The molecule has 0 aliphatic heterocycles. The van der Waals surface area contributed by atoms with E-state index in [1.165, 1.54) is 6.20 Å². The quantitative estimate of drug-likeness (QED) is 0.586. The second-order valence-corrected chi connectivity index (χ2v) is 6.38. The zero-order valence-corrected chi connectivity index (χ0v) is 15.0. The van der Waals surface area contributed by atoms with Crippen LogP contribution in [0.4, 0.5) is 0 Å². The summed E-state index contributed by atoms with van der Waals surface area (Å²) >= 11 is 0. The number of aromatic nitrogens is 3. The van der Waals surface area contributed by atoms with Crippen LogP contribution in [0.1, 0.15) is 17.2 Å². The summed E-state index contributed by atoms with van der Waals surface area (Å²) in [6.07, 6.45) is 4.65. The molecule has 0 unspecified atom stereocenters. The Morgan fingerprint density at radius 2 is 1.61 bits per heavy atom. The van der Waals surface area contributed by atoms with Crippen LogP contribution in [-0.2, 0) is 11.3 Å². The van der Waals surface area contributed by atoms with Crippen molar-refractivity contribution in [1.29, 1.82) is 0 Å². The van der Waals surface area contributed by atoms with Gasteiger partial charge in [-0.2, -0.15) is 5.10 Å². The maximum absolute atomic E-state index is 12.8. The molecule has 0 bridgehead atoms. The molecule has 0 saturated carbocycles. The molecule has 0 aliphatic rings. The molecule has 2 aromatic heterocycles. The predicted molar refractivity (Wildman–Crippen MR) is 107 cm³/mol. The number of pyridine rings is 1. The number of carbonyl (C=O) groups is 1. The molecule has 0 saturated heterocycles. The van der Waals surface area contributed by atoms with E-state index in [0.717, 1.165) is 11.1 Å². The molecule has 4 aromatic rings. The molecule has 6 nitrogen and oxygen atoms in total. The molecular formula is C22H18N4O2. The Kier molecular flexibility index (Phi) is 4.93. The molecule has 1 atom stereocenters. The van der Waals surface area contributed by atoms with Crippen molar-refractivity contribution in [3.8, 4) is 0 Å². The van der Waals surface area contributed by atoms with Gasteiger partial charge in [0.15, 0.2) is 0 Å². The Labute approximate surface area is 161 Å². The minimum absolute atomic E-state index is 0.00914. The number of nitrogens with one attached hydrogen (secondary N) is 1. The second kappa shape index (κ2) is 7.84. The van der Waals surface area contributed by atoms with E-state index in [4.69, 9.17) is 0 Å². The third-order valence-electron chi connectivity index (χ3n) is 4.53. The van der Waals surface area contributed by atoms with Gasteiger partial charge in [-0.3, -0.25) is 19.3 Å². The smallest absolute Gasteiger partial charge is 0.242 e. The molecule has 1 amide bonds. The number of hydrogen-bond acceptors (Lipinski definition) is 4. The Morgan fingerprint density at radius 1 is 0.929 bits per heavy atom. The topological polar surface area (TPSA) is 76.9 Å². The summed E-state index contributed by atoms with van der Waals surface area (Å²) in [5, 5.41) is 7.75. The molecule has 1 N–H and O–H groups in total. The summed E-state index contributed by atoms with van der Waals surface area (Å²) < 4.78 is 1.54. The Hall–Kier alpha value is -3.80. The number of benzene rings is 2. The molecule has 6 heteroatoms. The minimum atomic E-state index is -0.303. The highest BCUT2D eigenvalue weighted by molar-refractivity contribution is 5.81. The maximum Gasteiger partial charge on any atom is 0.242 e. The number of para-hydroxylation sites is 1. The Balaban J connectivity index is 1.63. The van der Waals surface area contributed by atoms with Gasteiger partial charge in [0.1, 0.15) is 6.54 Å². The van der Waals surface area contributed by atoms with Gasteiger partial charge < -0.3 is 5.32 Å². The van der Waals surface area contributed by atoms with Gasteiger partial charge in [-0.25, -0.2) is 0 Å². The second-order valence-electron chi connectivity index (χ2n) is 6.38. The van der Waals surface area contributed by atoms with Crippen LogP contribution in [0.2, 0.25) is 0 Å². The average Bonchev–Trinajstić information content (AvgIpc) is 2.75. The van der Waals surface area contributed by atoms with Crippen molar-refractivity contribution in [2.45, 2.75) is 12.6 Å². The fourth-order valence-electron chi connectivity index (χ4n) is 3.19. The fraction of sp³-hybridized carbons (Fsp3) is 0.0909.